The number of nitrogens with one attached hydrogen (secondary N) is 2. The highest BCUT2D eigenvalue weighted by atomic mass is 19.1. The molecular weight excluding hydrogens is 425 g/mol. The third-order valence-corrected chi connectivity index (χ3v) is 6.97. The van der Waals surface area contributed by atoms with Crippen LogP contribution in [-0.2, 0) is 19.1 Å². The van der Waals surface area contributed by atoms with E-state index in [1.165, 1.54) is 18.2 Å². The van der Waals surface area contributed by atoms with Crippen LogP contribution in [0.3, 0.4) is 0 Å². The fourth-order valence-electron chi connectivity index (χ4n) is 5.21. The van der Waals surface area contributed by atoms with Crippen molar-refractivity contribution in [1.82, 2.24) is 10.2 Å². The Labute approximate surface area is 193 Å². The van der Waals surface area contributed by atoms with Gasteiger partial charge in [0.1, 0.15) is 17.5 Å². The molecular formula is C25H32FN3O4. The van der Waals surface area contributed by atoms with Gasteiger partial charge < -0.3 is 20.3 Å². The van der Waals surface area contributed by atoms with Crippen molar-refractivity contribution in [2.45, 2.75) is 76.8 Å². The highest BCUT2D eigenvalue weighted by Crippen LogP contribution is 2.56. The van der Waals surface area contributed by atoms with Crippen molar-refractivity contribution in [3.63, 3.8) is 0 Å². The summed E-state index contributed by atoms with van der Waals surface area (Å²) in [6.45, 7) is 11.4. The maximum Gasteiger partial charge on any atom is 0.246 e. The zero-order valence-corrected chi connectivity index (χ0v) is 19.9. The summed E-state index contributed by atoms with van der Waals surface area (Å²) < 4.78 is 20.5. The SMILES string of the molecule is CCC(C)(C)N1C(=O)[C@H]2[C@@H](C(=O)Nc3ccccc3F)[C@H]3C=C[C@@]2(O3)[C@@H]1C(=O)NC(C)(C)C. The van der Waals surface area contributed by atoms with E-state index in [9.17, 15) is 18.8 Å². The van der Waals surface area contributed by atoms with Gasteiger partial charge in [0, 0.05) is 11.1 Å². The van der Waals surface area contributed by atoms with Gasteiger partial charge in [0.25, 0.3) is 0 Å². The van der Waals surface area contributed by atoms with E-state index in [2.05, 4.69) is 10.6 Å². The molecule has 33 heavy (non-hydrogen) atoms. The van der Waals surface area contributed by atoms with E-state index in [4.69, 9.17) is 4.74 Å². The smallest absolute Gasteiger partial charge is 0.246 e. The number of anilines is 1. The summed E-state index contributed by atoms with van der Waals surface area (Å²) in [5, 5.41) is 5.61. The Morgan fingerprint density at radius 3 is 2.42 bits per heavy atom. The van der Waals surface area contributed by atoms with E-state index in [1.807, 2.05) is 41.5 Å². The molecule has 178 valence electrons. The third kappa shape index (κ3) is 3.64. The van der Waals surface area contributed by atoms with Crippen LogP contribution in [0.5, 0.6) is 0 Å². The summed E-state index contributed by atoms with van der Waals surface area (Å²) >= 11 is 0. The zero-order valence-electron chi connectivity index (χ0n) is 19.9. The van der Waals surface area contributed by atoms with Gasteiger partial charge in [-0.3, -0.25) is 14.4 Å². The van der Waals surface area contributed by atoms with E-state index in [0.29, 0.717) is 6.42 Å². The highest BCUT2D eigenvalue weighted by molar-refractivity contribution is 6.03. The number of rotatable bonds is 5. The molecule has 5 atom stereocenters. The molecule has 3 aliphatic heterocycles. The number of halogens is 1. The van der Waals surface area contributed by atoms with Crippen molar-refractivity contribution in [2.24, 2.45) is 11.8 Å². The zero-order chi connectivity index (χ0) is 24.3. The molecule has 0 saturated carbocycles. The molecule has 0 aromatic heterocycles. The Kier molecular flexibility index (Phi) is 5.43. The van der Waals surface area contributed by atoms with E-state index in [-0.39, 0.29) is 17.5 Å². The van der Waals surface area contributed by atoms with E-state index >= 15 is 0 Å². The standard InChI is InChI=1S/C25H32FN3O4/c1-7-24(5,6)29-19(21(31)28-23(2,3)4)25-13-12-16(33-25)17(18(25)22(29)32)20(30)27-15-11-9-8-10-14(15)26/h8-13,16-19H,7H2,1-6H3,(H,27,30)(H,28,31)/t16-,17+,18-,19+,25+/m1/s1. The quantitative estimate of drug-likeness (QED) is 0.666. The monoisotopic (exact) mass is 457 g/mol. The van der Waals surface area contributed by atoms with Crippen LogP contribution in [0, 0.1) is 17.7 Å². The summed E-state index contributed by atoms with van der Waals surface area (Å²) in [5.41, 5.74) is -2.36. The second kappa shape index (κ2) is 7.65. The van der Waals surface area contributed by atoms with Gasteiger partial charge in [0.2, 0.25) is 17.7 Å². The van der Waals surface area contributed by atoms with Gasteiger partial charge in [-0.25, -0.2) is 4.39 Å². The lowest BCUT2D eigenvalue weighted by Gasteiger charge is -2.42. The predicted molar refractivity (Wildman–Crippen MR) is 122 cm³/mol. The Morgan fingerprint density at radius 1 is 1.15 bits per heavy atom. The maximum absolute atomic E-state index is 14.2. The number of amides is 3. The molecule has 1 aromatic carbocycles. The van der Waals surface area contributed by atoms with Crippen LogP contribution in [0.1, 0.15) is 48.0 Å². The van der Waals surface area contributed by atoms with E-state index < -0.39 is 52.4 Å². The second-order valence-corrected chi connectivity index (χ2v) is 10.8. The van der Waals surface area contributed by atoms with Crippen LogP contribution in [0.25, 0.3) is 0 Å². The fourth-order valence-corrected chi connectivity index (χ4v) is 5.21. The van der Waals surface area contributed by atoms with Crippen molar-refractivity contribution in [3.8, 4) is 0 Å². The highest BCUT2D eigenvalue weighted by Gasteiger charge is 2.74. The van der Waals surface area contributed by atoms with E-state index in [0.717, 1.165) is 0 Å². The molecule has 3 aliphatic rings. The number of hydrogen-bond acceptors (Lipinski definition) is 4. The molecule has 2 fully saturated rings. The number of hydrogen-bond donors (Lipinski definition) is 2. The lowest BCUT2D eigenvalue weighted by molar-refractivity contribution is -0.147. The first-order valence-corrected chi connectivity index (χ1v) is 11.4. The number of carbonyl (C=O) groups is 3. The van der Waals surface area contributed by atoms with E-state index in [1.54, 1.807) is 23.1 Å². The van der Waals surface area contributed by atoms with Crippen molar-refractivity contribution in [2.75, 3.05) is 5.32 Å². The molecule has 8 heteroatoms. The number of nitrogens with zero attached hydrogens (tertiary/aromatic N) is 1. The Balaban J connectivity index is 1.74. The van der Waals surface area contributed by atoms with Gasteiger partial charge in [0.15, 0.2) is 0 Å². The Morgan fingerprint density at radius 2 is 1.82 bits per heavy atom. The van der Waals surface area contributed by atoms with Crippen LogP contribution in [0.2, 0.25) is 0 Å². The average Bonchev–Trinajstić information content (AvgIpc) is 3.36. The van der Waals surface area contributed by atoms with Gasteiger partial charge >= 0.3 is 0 Å². The fraction of sp³-hybridized carbons (Fsp3) is 0.560. The number of ether oxygens (including phenoxy) is 1. The summed E-state index contributed by atoms with van der Waals surface area (Å²) in [7, 11) is 0. The molecule has 0 unspecified atom stereocenters. The first-order valence-electron chi connectivity index (χ1n) is 11.4. The second-order valence-electron chi connectivity index (χ2n) is 10.8. The number of benzene rings is 1. The van der Waals surface area contributed by atoms with Crippen LogP contribution in [0.15, 0.2) is 36.4 Å². The maximum atomic E-state index is 14.2. The van der Waals surface area contributed by atoms with Gasteiger partial charge in [-0.2, -0.15) is 0 Å². The molecule has 3 heterocycles. The molecule has 7 nitrogen and oxygen atoms in total. The molecule has 0 aliphatic carbocycles. The topological polar surface area (TPSA) is 87.7 Å². The summed E-state index contributed by atoms with van der Waals surface area (Å²) in [6, 6.07) is 4.96. The minimum atomic E-state index is -1.25. The van der Waals surface area contributed by atoms with Crippen LogP contribution in [-0.4, -0.2) is 51.4 Å². The normalized spacial score (nSPS) is 30.5. The predicted octanol–water partition coefficient (Wildman–Crippen LogP) is 3.02. The van der Waals surface area contributed by atoms with Crippen LogP contribution >= 0.6 is 0 Å². The van der Waals surface area contributed by atoms with Gasteiger partial charge in [-0.15, -0.1) is 0 Å². The Bertz CT molecular complexity index is 1030. The number of carbonyl (C=O) groups excluding carboxylic acids is 3. The van der Waals surface area contributed by atoms with Crippen molar-refractivity contribution >= 4 is 23.4 Å². The summed E-state index contributed by atoms with van der Waals surface area (Å²) in [5.74, 6) is -3.42. The summed E-state index contributed by atoms with van der Waals surface area (Å²) in [6.07, 6.45) is 3.46. The first-order chi connectivity index (χ1) is 15.3. The minimum absolute atomic E-state index is 0.0431. The number of para-hydroxylation sites is 1. The third-order valence-electron chi connectivity index (χ3n) is 6.97. The molecule has 1 spiro atoms. The molecule has 4 rings (SSSR count). The molecule has 2 bridgehead atoms. The largest absolute Gasteiger partial charge is 0.359 e. The number of fused-ring (bicyclic) bond motifs is 1. The molecule has 1 aromatic rings. The van der Waals surface area contributed by atoms with Crippen LogP contribution < -0.4 is 10.6 Å². The van der Waals surface area contributed by atoms with Crippen molar-refractivity contribution in [3.05, 3.63) is 42.2 Å². The van der Waals surface area contributed by atoms with Gasteiger partial charge in [-0.1, -0.05) is 31.2 Å². The molecule has 3 amide bonds. The minimum Gasteiger partial charge on any atom is -0.359 e. The lowest BCUT2D eigenvalue weighted by Crippen LogP contribution is -2.61. The van der Waals surface area contributed by atoms with Crippen LogP contribution in [0.4, 0.5) is 10.1 Å². The molecule has 2 N–H and O–H groups in total. The molecule has 0 radical (unpaired) electrons. The average molecular weight is 458 g/mol. The van der Waals surface area contributed by atoms with Gasteiger partial charge in [-0.05, 0) is 53.2 Å². The Hall–Kier alpha value is -2.74. The van der Waals surface area contributed by atoms with Gasteiger partial charge in [0.05, 0.1) is 23.6 Å². The van der Waals surface area contributed by atoms with Crippen molar-refractivity contribution < 1.29 is 23.5 Å². The first kappa shape index (κ1) is 23.4. The molecule has 2 saturated heterocycles. The number of likely N-dealkylation sites (tertiary alicyclic amines) is 1. The lowest BCUT2D eigenvalue weighted by atomic mass is 9.74. The summed E-state index contributed by atoms with van der Waals surface area (Å²) in [4.78, 5) is 42.3. The van der Waals surface area contributed by atoms with Crippen molar-refractivity contribution in [1.29, 1.82) is 0 Å².